The second kappa shape index (κ2) is 11.5. The molecule has 6 nitrogen and oxygen atoms in total. The van der Waals surface area contributed by atoms with Crippen LogP contribution < -0.4 is 15.5 Å². The van der Waals surface area contributed by atoms with Gasteiger partial charge in [-0.05, 0) is 44.4 Å². The van der Waals surface area contributed by atoms with E-state index in [1.54, 1.807) is 7.11 Å². The second-order valence-corrected chi connectivity index (χ2v) is 5.91. The fraction of sp³-hybridized carbons (Fsp3) is 0.647. The third-order valence-electron chi connectivity index (χ3n) is 3.80. The van der Waals surface area contributed by atoms with Crippen molar-refractivity contribution in [3.8, 4) is 0 Å². The minimum atomic E-state index is 0. The van der Waals surface area contributed by atoms with E-state index in [0.717, 1.165) is 31.4 Å². The second-order valence-electron chi connectivity index (χ2n) is 5.91. The molecule has 0 aromatic carbocycles. The summed E-state index contributed by atoms with van der Waals surface area (Å²) in [5.41, 5.74) is 1.18. The Bertz CT molecular complexity index is 506. The van der Waals surface area contributed by atoms with Crippen LogP contribution in [0.15, 0.2) is 23.3 Å². The van der Waals surface area contributed by atoms with Gasteiger partial charge < -0.3 is 20.3 Å². The van der Waals surface area contributed by atoms with E-state index < -0.39 is 0 Å². The molecule has 2 N–H and O–H groups in total. The van der Waals surface area contributed by atoms with Gasteiger partial charge in [0.2, 0.25) is 0 Å². The molecule has 1 fully saturated rings. The fourth-order valence-corrected chi connectivity index (χ4v) is 2.69. The molecule has 136 valence electrons. The van der Waals surface area contributed by atoms with Gasteiger partial charge in [0, 0.05) is 39.0 Å². The number of hydrogen-bond donors (Lipinski definition) is 2. The highest BCUT2D eigenvalue weighted by Gasteiger charge is 2.13. The van der Waals surface area contributed by atoms with Crippen molar-refractivity contribution in [2.24, 2.45) is 4.99 Å². The molecule has 0 bridgehead atoms. The molecule has 0 aliphatic carbocycles. The number of halogens is 1. The Kier molecular flexibility index (Phi) is 10.0. The van der Waals surface area contributed by atoms with Crippen LogP contribution in [-0.2, 0) is 11.3 Å². The van der Waals surface area contributed by atoms with Gasteiger partial charge in [0.05, 0.1) is 13.2 Å². The standard InChI is InChI=1S/C17H29N5O.HI/c1-4-18-17(21-14(2)13-23-3)20-12-15-7-8-19-16(11-15)22-9-5-6-10-22;/h7-8,11,14H,4-6,9-10,12-13H2,1-3H3,(H2,18,20,21);1H. The van der Waals surface area contributed by atoms with Gasteiger partial charge in [0.1, 0.15) is 5.82 Å². The van der Waals surface area contributed by atoms with Crippen molar-refractivity contribution < 1.29 is 4.74 Å². The quantitative estimate of drug-likeness (QED) is 0.382. The van der Waals surface area contributed by atoms with Crippen molar-refractivity contribution in [1.82, 2.24) is 15.6 Å². The van der Waals surface area contributed by atoms with Crippen molar-refractivity contribution in [3.05, 3.63) is 23.9 Å². The number of ether oxygens (including phenoxy) is 1. The molecule has 0 radical (unpaired) electrons. The van der Waals surface area contributed by atoms with Crippen molar-refractivity contribution >= 4 is 35.8 Å². The zero-order valence-electron chi connectivity index (χ0n) is 14.9. The zero-order valence-corrected chi connectivity index (χ0v) is 17.2. The maximum absolute atomic E-state index is 5.16. The molecule has 2 heterocycles. The first-order chi connectivity index (χ1) is 11.2. The molecule has 2 rings (SSSR count). The highest BCUT2D eigenvalue weighted by Crippen LogP contribution is 2.18. The lowest BCUT2D eigenvalue weighted by molar-refractivity contribution is 0.179. The number of nitrogens with one attached hydrogen (secondary N) is 2. The van der Waals surface area contributed by atoms with E-state index in [4.69, 9.17) is 4.74 Å². The summed E-state index contributed by atoms with van der Waals surface area (Å²) < 4.78 is 5.16. The van der Waals surface area contributed by atoms with Gasteiger partial charge >= 0.3 is 0 Å². The van der Waals surface area contributed by atoms with Crippen LogP contribution in [0.2, 0.25) is 0 Å². The molecule has 1 aliphatic rings. The zero-order chi connectivity index (χ0) is 16.5. The lowest BCUT2D eigenvalue weighted by atomic mass is 10.2. The fourth-order valence-electron chi connectivity index (χ4n) is 2.69. The number of methoxy groups -OCH3 is 1. The highest BCUT2D eigenvalue weighted by molar-refractivity contribution is 14.0. The van der Waals surface area contributed by atoms with Crippen LogP contribution in [0.4, 0.5) is 5.82 Å². The van der Waals surface area contributed by atoms with E-state index in [2.05, 4.69) is 45.4 Å². The molecule has 1 aliphatic heterocycles. The van der Waals surface area contributed by atoms with Gasteiger partial charge in [-0.25, -0.2) is 9.98 Å². The molecule has 1 unspecified atom stereocenters. The number of aromatic nitrogens is 1. The molecule has 1 saturated heterocycles. The maximum atomic E-state index is 5.16. The average Bonchev–Trinajstić information content (AvgIpc) is 3.08. The topological polar surface area (TPSA) is 61.8 Å². The summed E-state index contributed by atoms with van der Waals surface area (Å²) >= 11 is 0. The summed E-state index contributed by atoms with van der Waals surface area (Å²) in [6.07, 6.45) is 4.40. The largest absolute Gasteiger partial charge is 0.383 e. The van der Waals surface area contributed by atoms with Crippen molar-refractivity contribution in [2.45, 2.75) is 39.3 Å². The number of anilines is 1. The number of guanidine groups is 1. The molecule has 1 atom stereocenters. The Morgan fingerprint density at radius 1 is 1.42 bits per heavy atom. The number of rotatable bonds is 7. The summed E-state index contributed by atoms with van der Waals surface area (Å²) in [6.45, 7) is 8.49. The third kappa shape index (κ3) is 6.80. The van der Waals surface area contributed by atoms with E-state index >= 15 is 0 Å². The van der Waals surface area contributed by atoms with Crippen molar-refractivity contribution in [3.63, 3.8) is 0 Å². The Balaban J connectivity index is 0.00000288. The molecule has 24 heavy (non-hydrogen) atoms. The summed E-state index contributed by atoms with van der Waals surface area (Å²) in [6, 6.07) is 4.40. The summed E-state index contributed by atoms with van der Waals surface area (Å²) in [4.78, 5) is 11.5. The Hall–Kier alpha value is -1.09. The summed E-state index contributed by atoms with van der Waals surface area (Å²) in [7, 11) is 1.71. The normalized spacial score (nSPS) is 15.8. The molecule has 0 spiro atoms. The lowest BCUT2D eigenvalue weighted by Gasteiger charge is -2.18. The van der Waals surface area contributed by atoms with Crippen molar-refractivity contribution in [2.75, 3.05) is 38.3 Å². The molecule has 1 aromatic heterocycles. The van der Waals surface area contributed by atoms with Gasteiger partial charge in [-0.2, -0.15) is 0 Å². The first kappa shape index (κ1) is 21.0. The Labute approximate surface area is 162 Å². The van der Waals surface area contributed by atoms with Gasteiger partial charge in [-0.3, -0.25) is 0 Å². The van der Waals surface area contributed by atoms with Crippen LogP contribution in [0, 0.1) is 0 Å². The molecule has 0 amide bonds. The Morgan fingerprint density at radius 3 is 2.83 bits per heavy atom. The first-order valence-electron chi connectivity index (χ1n) is 8.46. The molecule has 7 heteroatoms. The predicted octanol–water partition coefficient (Wildman–Crippen LogP) is 2.39. The van der Waals surface area contributed by atoms with Crippen LogP contribution in [0.5, 0.6) is 0 Å². The third-order valence-corrected chi connectivity index (χ3v) is 3.80. The maximum Gasteiger partial charge on any atom is 0.191 e. The summed E-state index contributed by atoms with van der Waals surface area (Å²) in [5.74, 6) is 1.89. The van der Waals surface area contributed by atoms with E-state index in [1.165, 1.54) is 18.4 Å². The minimum absolute atomic E-state index is 0. The number of aliphatic imine (C=N–C) groups is 1. The van der Waals surface area contributed by atoms with Crippen LogP contribution in [0.3, 0.4) is 0 Å². The van der Waals surface area contributed by atoms with Crippen LogP contribution in [-0.4, -0.2) is 50.3 Å². The first-order valence-corrected chi connectivity index (χ1v) is 8.46. The van der Waals surface area contributed by atoms with E-state index in [-0.39, 0.29) is 30.0 Å². The minimum Gasteiger partial charge on any atom is -0.383 e. The van der Waals surface area contributed by atoms with Gasteiger partial charge in [0.25, 0.3) is 0 Å². The smallest absolute Gasteiger partial charge is 0.191 e. The van der Waals surface area contributed by atoms with Gasteiger partial charge in [-0.15, -0.1) is 24.0 Å². The average molecular weight is 447 g/mol. The van der Waals surface area contributed by atoms with Gasteiger partial charge in [-0.1, -0.05) is 0 Å². The summed E-state index contributed by atoms with van der Waals surface area (Å²) in [5, 5.41) is 6.62. The van der Waals surface area contributed by atoms with Crippen molar-refractivity contribution in [1.29, 1.82) is 0 Å². The Morgan fingerprint density at radius 2 is 2.17 bits per heavy atom. The number of nitrogens with zero attached hydrogens (tertiary/aromatic N) is 3. The van der Waals surface area contributed by atoms with E-state index in [0.29, 0.717) is 13.2 Å². The SMILES string of the molecule is CCNC(=NCc1ccnc(N2CCCC2)c1)NC(C)COC.I. The molecule has 1 aromatic rings. The monoisotopic (exact) mass is 447 g/mol. The highest BCUT2D eigenvalue weighted by atomic mass is 127. The number of pyridine rings is 1. The van der Waals surface area contributed by atoms with E-state index in [9.17, 15) is 0 Å². The van der Waals surface area contributed by atoms with E-state index in [1.807, 2.05) is 12.3 Å². The van der Waals surface area contributed by atoms with Gasteiger partial charge in [0.15, 0.2) is 5.96 Å². The molecular formula is C17H30IN5O. The van der Waals surface area contributed by atoms with Crippen LogP contribution in [0.25, 0.3) is 0 Å². The van der Waals surface area contributed by atoms with Crippen LogP contribution in [0.1, 0.15) is 32.3 Å². The van der Waals surface area contributed by atoms with Crippen LogP contribution >= 0.6 is 24.0 Å². The molecular weight excluding hydrogens is 417 g/mol. The molecule has 0 saturated carbocycles. The predicted molar refractivity (Wildman–Crippen MR) is 110 cm³/mol. The number of hydrogen-bond acceptors (Lipinski definition) is 4. The lowest BCUT2D eigenvalue weighted by Crippen LogP contribution is -2.43.